The van der Waals surface area contributed by atoms with Gasteiger partial charge in [-0.3, -0.25) is 0 Å². The fourth-order valence-corrected chi connectivity index (χ4v) is 3.84. The van der Waals surface area contributed by atoms with E-state index in [-0.39, 0.29) is 6.79 Å². The summed E-state index contributed by atoms with van der Waals surface area (Å²) in [5.74, 6) is 1.35. The Balaban J connectivity index is 1.69. The van der Waals surface area contributed by atoms with Gasteiger partial charge in [0.25, 0.3) is 0 Å². The van der Waals surface area contributed by atoms with Crippen LogP contribution in [0, 0.1) is 0 Å². The van der Waals surface area contributed by atoms with Crippen LogP contribution in [0.15, 0.2) is 30.6 Å². The van der Waals surface area contributed by atoms with Crippen molar-refractivity contribution < 1.29 is 9.47 Å². The molecule has 0 saturated heterocycles. The molecule has 6 heteroatoms. The summed E-state index contributed by atoms with van der Waals surface area (Å²) < 4.78 is 11.1. The van der Waals surface area contributed by atoms with Gasteiger partial charge in [-0.25, -0.2) is 9.97 Å². The molecule has 0 spiro atoms. The van der Waals surface area contributed by atoms with E-state index in [1.54, 1.807) is 6.20 Å². The lowest BCUT2D eigenvalue weighted by Crippen LogP contribution is -2.06. The van der Waals surface area contributed by atoms with Crippen LogP contribution in [0.4, 0.5) is 11.4 Å². The van der Waals surface area contributed by atoms with E-state index >= 15 is 0 Å². The van der Waals surface area contributed by atoms with E-state index in [2.05, 4.69) is 15.3 Å². The van der Waals surface area contributed by atoms with Crippen molar-refractivity contribution in [3.8, 4) is 11.5 Å². The summed E-state index contributed by atoms with van der Waals surface area (Å²) in [7, 11) is 0. The molecule has 0 unspecified atom stereocenters. The van der Waals surface area contributed by atoms with Crippen molar-refractivity contribution in [2.75, 3.05) is 12.1 Å². The second-order valence-electron chi connectivity index (χ2n) is 6.31. The third-order valence-electron chi connectivity index (χ3n) is 4.83. The standard InChI is InChI=1S/C19H16ClN3O2/c20-13-5-6-15-18(25-10-24-15)17(13)23-14-7-8-21-19-16(14)12-4-2-1-3-11(12)9-22-19/h5-9H,1-4,10H2,(H,21,22,23). The Morgan fingerprint density at radius 3 is 2.92 bits per heavy atom. The summed E-state index contributed by atoms with van der Waals surface area (Å²) in [6.45, 7) is 0.207. The Hall–Kier alpha value is -2.53. The van der Waals surface area contributed by atoms with Crippen LogP contribution >= 0.6 is 11.6 Å². The van der Waals surface area contributed by atoms with Crippen LogP contribution in [-0.2, 0) is 12.8 Å². The summed E-state index contributed by atoms with van der Waals surface area (Å²) in [5.41, 5.74) is 5.08. The number of anilines is 2. The van der Waals surface area contributed by atoms with E-state index in [1.807, 2.05) is 24.4 Å². The number of aromatic nitrogens is 2. The number of benzene rings is 1. The predicted molar refractivity (Wildman–Crippen MR) is 97.0 cm³/mol. The summed E-state index contributed by atoms with van der Waals surface area (Å²) in [6.07, 6.45) is 8.27. The Bertz CT molecular complexity index is 990. The average molecular weight is 354 g/mol. The van der Waals surface area contributed by atoms with Crippen LogP contribution in [-0.4, -0.2) is 16.8 Å². The third kappa shape index (κ3) is 2.38. The van der Waals surface area contributed by atoms with E-state index in [0.717, 1.165) is 35.2 Å². The minimum Gasteiger partial charge on any atom is -0.454 e. The highest BCUT2D eigenvalue weighted by Crippen LogP contribution is 2.45. The van der Waals surface area contributed by atoms with Gasteiger partial charge in [-0.2, -0.15) is 0 Å². The van der Waals surface area contributed by atoms with Crippen molar-refractivity contribution in [2.24, 2.45) is 0 Å². The average Bonchev–Trinajstić information content (AvgIpc) is 3.13. The molecule has 2 aliphatic rings. The zero-order chi connectivity index (χ0) is 16.8. The summed E-state index contributed by atoms with van der Waals surface area (Å²) in [6, 6.07) is 5.60. The largest absolute Gasteiger partial charge is 0.454 e. The highest BCUT2D eigenvalue weighted by molar-refractivity contribution is 6.34. The van der Waals surface area contributed by atoms with Gasteiger partial charge >= 0.3 is 0 Å². The number of nitrogens with zero attached hydrogens (tertiary/aromatic N) is 2. The maximum absolute atomic E-state index is 6.42. The van der Waals surface area contributed by atoms with Gasteiger partial charge in [-0.1, -0.05) is 11.6 Å². The van der Waals surface area contributed by atoms with E-state index in [4.69, 9.17) is 21.1 Å². The van der Waals surface area contributed by atoms with Gasteiger partial charge in [0.05, 0.1) is 10.7 Å². The SMILES string of the molecule is Clc1ccc2c(c1Nc1ccnc3ncc4c(c13)CCCC4)OCO2. The molecule has 0 radical (unpaired) electrons. The number of halogens is 1. The lowest BCUT2D eigenvalue weighted by molar-refractivity contribution is 0.174. The monoisotopic (exact) mass is 353 g/mol. The molecule has 0 fully saturated rings. The van der Waals surface area contributed by atoms with Gasteiger partial charge in [0.2, 0.25) is 6.79 Å². The quantitative estimate of drug-likeness (QED) is 0.727. The number of nitrogens with one attached hydrogen (secondary N) is 1. The molecule has 1 aromatic carbocycles. The molecule has 25 heavy (non-hydrogen) atoms. The van der Waals surface area contributed by atoms with E-state index < -0.39 is 0 Å². The smallest absolute Gasteiger partial charge is 0.231 e. The summed E-state index contributed by atoms with van der Waals surface area (Å²) in [5, 5.41) is 5.11. The van der Waals surface area contributed by atoms with Crippen LogP contribution in [0.25, 0.3) is 11.0 Å². The molecule has 0 bridgehead atoms. The lowest BCUT2D eigenvalue weighted by Gasteiger charge is -2.20. The van der Waals surface area contributed by atoms with Gasteiger partial charge in [-0.15, -0.1) is 0 Å². The number of fused-ring (bicyclic) bond motifs is 4. The molecule has 1 N–H and O–H groups in total. The number of pyridine rings is 2. The second-order valence-corrected chi connectivity index (χ2v) is 6.71. The molecule has 2 aromatic heterocycles. The fourth-order valence-electron chi connectivity index (χ4n) is 3.65. The minimum atomic E-state index is 0.207. The fraction of sp³-hybridized carbons (Fsp3) is 0.263. The van der Waals surface area contributed by atoms with Crippen molar-refractivity contribution in [2.45, 2.75) is 25.7 Å². The molecule has 1 aliphatic heterocycles. The Morgan fingerprint density at radius 1 is 1.04 bits per heavy atom. The third-order valence-corrected chi connectivity index (χ3v) is 5.15. The zero-order valence-electron chi connectivity index (χ0n) is 13.5. The number of rotatable bonds is 2. The van der Waals surface area contributed by atoms with Crippen molar-refractivity contribution in [1.29, 1.82) is 0 Å². The molecule has 1 aliphatic carbocycles. The summed E-state index contributed by atoms with van der Waals surface area (Å²) in [4.78, 5) is 9.00. The van der Waals surface area contributed by atoms with Crippen LogP contribution < -0.4 is 14.8 Å². The normalized spacial score (nSPS) is 15.2. The minimum absolute atomic E-state index is 0.207. The van der Waals surface area contributed by atoms with Gasteiger partial charge in [-0.05, 0) is 55.0 Å². The number of aryl methyl sites for hydroxylation is 2. The molecule has 0 saturated carbocycles. The van der Waals surface area contributed by atoms with Crippen LogP contribution in [0.2, 0.25) is 5.02 Å². The Kier molecular flexibility index (Phi) is 3.41. The maximum atomic E-state index is 6.42. The Morgan fingerprint density at radius 2 is 1.96 bits per heavy atom. The van der Waals surface area contributed by atoms with Crippen molar-refractivity contribution in [3.05, 3.63) is 46.7 Å². The van der Waals surface area contributed by atoms with E-state index in [1.165, 1.54) is 24.0 Å². The van der Waals surface area contributed by atoms with Crippen molar-refractivity contribution in [3.63, 3.8) is 0 Å². The topological polar surface area (TPSA) is 56.3 Å². The van der Waals surface area contributed by atoms with Crippen LogP contribution in [0.3, 0.4) is 0 Å². The Labute approximate surface area is 150 Å². The van der Waals surface area contributed by atoms with Gasteiger partial charge < -0.3 is 14.8 Å². The molecule has 3 heterocycles. The van der Waals surface area contributed by atoms with Crippen LogP contribution in [0.1, 0.15) is 24.0 Å². The molecule has 0 atom stereocenters. The number of hydrogen-bond acceptors (Lipinski definition) is 5. The van der Waals surface area contributed by atoms with Crippen molar-refractivity contribution >= 4 is 34.0 Å². The highest BCUT2D eigenvalue weighted by atomic mass is 35.5. The first-order valence-electron chi connectivity index (χ1n) is 8.42. The zero-order valence-corrected chi connectivity index (χ0v) is 14.3. The van der Waals surface area contributed by atoms with Gasteiger partial charge in [0.15, 0.2) is 17.1 Å². The lowest BCUT2D eigenvalue weighted by atomic mass is 9.90. The summed E-state index contributed by atoms with van der Waals surface area (Å²) >= 11 is 6.42. The first-order valence-corrected chi connectivity index (χ1v) is 8.79. The maximum Gasteiger partial charge on any atom is 0.231 e. The number of ether oxygens (including phenoxy) is 2. The van der Waals surface area contributed by atoms with Crippen molar-refractivity contribution in [1.82, 2.24) is 9.97 Å². The molecule has 5 nitrogen and oxygen atoms in total. The van der Waals surface area contributed by atoms with Crippen LogP contribution in [0.5, 0.6) is 11.5 Å². The second kappa shape index (κ2) is 5.77. The van der Waals surface area contributed by atoms with Gasteiger partial charge in [0.1, 0.15) is 5.69 Å². The molecule has 0 amide bonds. The predicted octanol–water partition coefficient (Wildman–Crippen LogP) is 4.63. The highest BCUT2D eigenvalue weighted by Gasteiger charge is 2.22. The molecule has 126 valence electrons. The molecule has 3 aromatic rings. The molecule has 5 rings (SSSR count). The molecular weight excluding hydrogens is 338 g/mol. The first-order chi connectivity index (χ1) is 12.3. The first kappa shape index (κ1) is 14.8. The van der Waals surface area contributed by atoms with Gasteiger partial charge in [0, 0.05) is 17.8 Å². The van der Waals surface area contributed by atoms with E-state index in [0.29, 0.717) is 16.5 Å². The number of hydrogen-bond donors (Lipinski definition) is 1. The molecular formula is C19H16ClN3O2. The van der Waals surface area contributed by atoms with E-state index in [9.17, 15) is 0 Å².